The smallest absolute Gasteiger partial charge is 0.186 e. The van der Waals surface area contributed by atoms with Crippen molar-refractivity contribution in [1.82, 2.24) is 0 Å². The lowest BCUT2D eigenvalue weighted by Gasteiger charge is -2.36. The number of aryl methyl sites for hydroxylation is 2. The predicted molar refractivity (Wildman–Crippen MR) is 117 cm³/mol. The first kappa shape index (κ1) is 24.9. The van der Waals surface area contributed by atoms with E-state index in [1.54, 1.807) is 30.3 Å². The molecule has 0 aliphatic carbocycles. The molecule has 5 atom stereocenters. The maximum Gasteiger partial charge on any atom is 0.186 e. The Kier molecular flexibility index (Phi) is 8.65. The van der Waals surface area contributed by atoms with Crippen LogP contribution in [0.1, 0.15) is 30.4 Å². The number of ether oxygens (including phenoxy) is 2. The van der Waals surface area contributed by atoms with Gasteiger partial charge in [0.25, 0.3) is 0 Å². The molecule has 1 heterocycles. The van der Waals surface area contributed by atoms with Crippen molar-refractivity contribution < 1.29 is 44.9 Å². The Hall–Kier alpha value is -2.69. The number of aromatic hydroxyl groups is 3. The summed E-state index contributed by atoms with van der Waals surface area (Å²) < 4.78 is 11.1. The van der Waals surface area contributed by atoms with E-state index in [1.165, 1.54) is 12.1 Å². The van der Waals surface area contributed by atoms with E-state index in [0.717, 1.165) is 11.1 Å². The first-order chi connectivity index (χ1) is 15.7. The third-order valence-corrected chi connectivity index (χ3v) is 5.66. The van der Waals surface area contributed by atoms with Gasteiger partial charge in [0.05, 0.1) is 12.7 Å². The van der Waals surface area contributed by atoms with E-state index in [1.807, 2.05) is 0 Å². The lowest BCUT2D eigenvalue weighted by Crippen LogP contribution is -2.54. The second-order valence-corrected chi connectivity index (χ2v) is 8.28. The van der Waals surface area contributed by atoms with Gasteiger partial charge in [0.1, 0.15) is 29.8 Å². The van der Waals surface area contributed by atoms with Crippen LogP contribution in [0.3, 0.4) is 0 Å². The highest BCUT2D eigenvalue weighted by Gasteiger charge is 2.39. The minimum absolute atomic E-state index is 0.0351. The van der Waals surface area contributed by atoms with Crippen LogP contribution in [0.4, 0.5) is 0 Å². The van der Waals surface area contributed by atoms with Gasteiger partial charge in [-0.25, -0.2) is 0 Å². The lowest BCUT2D eigenvalue weighted by atomic mass is 9.99. The Morgan fingerprint density at radius 1 is 0.939 bits per heavy atom. The quantitative estimate of drug-likeness (QED) is 0.285. The maximum absolute atomic E-state index is 12.6. The van der Waals surface area contributed by atoms with Crippen LogP contribution in [-0.4, -0.2) is 73.7 Å². The monoisotopic (exact) mass is 462 g/mol. The Labute approximate surface area is 191 Å². The third-order valence-electron chi connectivity index (χ3n) is 5.66. The predicted octanol–water partition coefficient (Wildman–Crippen LogP) is 1.15. The second kappa shape index (κ2) is 11.4. The highest BCUT2D eigenvalue weighted by molar-refractivity contribution is 5.79. The maximum atomic E-state index is 12.6. The molecule has 1 saturated heterocycles. The number of hydrogen-bond acceptors (Lipinski definition) is 9. The fourth-order valence-corrected chi connectivity index (χ4v) is 3.66. The zero-order chi connectivity index (χ0) is 24.0. The number of rotatable bonds is 10. The number of carbonyl (C=O) groups is 1. The molecule has 1 aliphatic rings. The van der Waals surface area contributed by atoms with Crippen LogP contribution in [-0.2, 0) is 27.1 Å². The number of phenolic OH excluding ortho intramolecular Hbond substituents is 3. The molecule has 0 amide bonds. The molecule has 0 saturated carbocycles. The van der Waals surface area contributed by atoms with E-state index in [2.05, 4.69) is 0 Å². The van der Waals surface area contributed by atoms with Crippen LogP contribution in [0.2, 0.25) is 0 Å². The Bertz CT molecular complexity index is 915. The van der Waals surface area contributed by atoms with Crippen LogP contribution in [0.5, 0.6) is 17.2 Å². The Morgan fingerprint density at radius 2 is 1.64 bits per heavy atom. The molecule has 0 aromatic heterocycles. The minimum atomic E-state index is -1.47. The SMILES string of the molecule is O=C(CCc1ccc(O)cc1)C[C@@H](CCc1ccc(O)c(O)c1)O[C@H]1OC[C@@H](O)[C@H](O)[C@H]1O. The van der Waals surface area contributed by atoms with Gasteiger partial charge in [0, 0.05) is 12.8 Å². The number of aliphatic hydroxyl groups is 3. The highest BCUT2D eigenvalue weighted by Crippen LogP contribution is 2.27. The van der Waals surface area contributed by atoms with Gasteiger partial charge in [0.15, 0.2) is 17.8 Å². The normalized spacial score (nSPS) is 23.8. The fourth-order valence-electron chi connectivity index (χ4n) is 3.66. The van der Waals surface area contributed by atoms with Gasteiger partial charge in [-0.3, -0.25) is 4.79 Å². The fraction of sp³-hybridized carbons (Fsp3) is 0.458. The average Bonchev–Trinajstić information content (AvgIpc) is 2.79. The summed E-state index contributed by atoms with van der Waals surface area (Å²) in [6, 6.07) is 11.0. The topological polar surface area (TPSA) is 157 Å². The van der Waals surface area contributed by atoms with E-state index in [-0.39, 0.29) is 42.5 Å². The molecule has 180 valence electrons. The number of phenols is 3. The molecule has 2 aromatic rings. The molecule has 3 rings (SSSR count). The first-order valence-electron chi connectivity index (χ1n) is 10.8. The summed E-state index contributed by atoms with van der Waals surface area (Å²) >= 11 is 0. The summed E-state index contributed by atoms with van der Waals surface area (Å²) in [6.07, 6.45) is -4.45. The molecule has 33 heavy (non-hydrogen) atoms. The van der Waals surface area contributed by atoms with Crippen molar-refractivity contribution in [2.75, 3.05) is 6.61 Å². The standard InChI is InChI=1S/C24H30O9/c25-16-6-1-14(2-7-16)3-8-17(26)12-18(9-4-15-5-10-19(27)20(28)11-15)33-24-23(31)22(30)21(29)13-32-24/h1-2,5-7,10-11,18,21-25,27-31H,3-4,8-9,12-13H2/t18-,21-,22+,23-,24-/m1/s1. The zero-order valence-electron chi connectivity index (χ0n) is 18.1. The van der Waals surface area contributed by atoms with Crippen LogP contribution >= 0.6 is 0 Å². The zero-order valence-corrected chi connectivity index (χ0v) is 18.1. The number of Topliss-reactive ketones (excluding diaryl/α,β-unsaturated/α-hetero) is 1. The van der Waals surface area contributed by atoms with Crippen LogP contribution in [0.15, 0.2) is 42.5 Å². The molecule has 2 aromatic carbocycles. The van der Waals surface area contributed by atoms with E-state index in [9.17, 15) is 35.4 Å². The van der Waals surface area contributed by atoms with Gasteiger partial charge in [-0.1, -0.05) is 18.2 Å². The summed E-state index contributed by atoms with van der Waals surface area (Å²) in [5.74, 6) is -0.412. The summed E-state index contributed by atoms with van der Waals surface area (Å²) in [6.45, 7) is -0.212. The van der Waals surface area contributed by atoms with Crippen molar-refractivity contribution in [2.45, 2.75) is 62.8 Å². The van der Waals surface area contributed by atoms with Crippen LogP contribution < -0.4 is 0 Å². The van der Waals surface area contributed by atoms with Crippen molar-refractivity contribution in [3.63, 3.8) is 0 Å². The van der Waals surface area contributed by atoms with Gasteiger partial charge in [-0.15, -0.1) is 0 Å². The molecular formula is C24H30O9. The van der Waals surface area contributed by atoms with Crippen molar-refractivity contribution in [2.24, 2.45) is 0 Å². The molecule has 9 nitrogen and oxygen atoms in total. The van der Waals surface area contributed by atoms with Crippen LogP contribution in [0, 0.1) is 0 Å². The summed E-state index contributed by atoms with van der Waals surface area (Å²) in [5, 5.41) is 58.3. The average molecular weight is 462 g/mol. The van der Waals surface area contributed by atoms with Crippen molar-refractivity contribution in [3.05, 3.63) is 53.6 Å². The van der Waals surface area contributed by atoms with Crippen LogP contribution in [0.25, 0.3) is 0 Å². The first-order valence-corrected chi connectivity index (χ1v) is 10.8. The Balaban J connectivity index is 1.62. The minimum Gasteiger partial charge on any atom is -0.508 e. The second-order valence-electron chi connectivity index (χ2n) is 8.28. The van der Waals surface area contributed by atoms with Gasteiger partial charge in [0.2, 0.25) is 0 Å². The van der Waals surface area contributed by atoms with Crippen molar-refractivity contribution >= 4 is 5.78 Å². The van der Waals surface area contributed by atoms with Gasteiger partial charge in [-0.2, -0.15) is 0 Å². The molecule has 0 bridgehead atoms. The van der Waals surface area contributed by atoms with E-state index in [4.69, 9.17) is 9.47 Å². The van der Waals surface area contributed by atoms with E-state index < -0.39 is 30.7 Å². The van der Waals surface area contributed by atoms with Crippen molar-refractivity contribution in [3.8, 4) is 17.2 Å². The number of hydrogen-bond donors (Lipinski definition) is 6. The number of ketones is 1. The number of aliphatic hydroxyl groups excluding tert-OH is 3. The van der Waals surface area contributed by atoms with Crippen molar-refractivity contribution in [1.29, 1.82) is 0 Å². The van der Waals surface area contributed by atoms with Gasteiger partial charge in [-0.05, 0) is 54.7 Å². The van der Waals surface area contributed by atoms with Gasteiger partial charge < -0.3 is 40.1 Å². The summed E-state index contributed by atoms with van der Waals surface area (Å²) in [4.78, 5) is 12.6. The Morgan fingerprint density at radius 3 is 2.33 bits per heavy atom. The van der Waals surface area contributed by atoms with Gasteiger partial charge >= 0.3 is 0 Å². The lowest BCUT2D eigenvalue weighted by molar-refractivity contribution is -0.282. The summed E-state index contributed by atoms with van der Waals surface area (Å²) in [7, 11) is 0. The third kappa shape index (κ3) is 7.15. The number of benzene rings is 2. The number of carbonyl (C=O) groups excluding carboxylic acids is 1. The molecule has 0 radical (unpaired) electrons. The highest BCUT2D eigenvalue weighted by atomic mass is 16.7. The molecule has 1 fully saturated rings. The molecule has 6 N–H and O–H groups in total. The molecule has 1 aliphatic heterocycles. The summed E-state index contributed by atoms with van der Waals surface area (Å²) in [5.41, 5.74) is 1.62. The molecule has 0 unspecified atom stereocenters. The molecule has 9 heteroatoms. The largest absolute Gasteiger partial charge is 0.508 e. The van der Waals surface area contributed by atoms with E-state index >= 15 is 0 Å². The van der Waals surface area contributed by atoms with E-state index in [0.29, 0.717) is 19.3 Å². The molecule has 0 spiro atoms. The molecular weight excluding hydrogens is 432 g/mol.